The Morgan fingerprint density at radius 1 is 1.07 bits per heavy atom. The SMILES string of the molecule is CC(C)(C)CCN=C(N)N(C(=O)c1ccc(-c2ccc(S(C)(=O)=O)cc2)c(F)c1)[C@H](COC(=O)NC1(C(F)(F)F)CC1)c1ccc(Cl)c(-n2ncnc2C(F)F)c1. The van der Waals surface area contributed by atoms with Crippen LogP contribution in [-0.4, -0.2) is 77.2 Å². The second-order valence-corrected chi connectivity index (χ2v) is 17.0. The van der Waals surface area contributed by atoms with Crippen LogP contribution in [0.1, 0.15) is 74.2 Å². The van der Waals surface area contributed by atoms with Crippen LogP contribution in [-0.2, 0) is 14.6 Å². The number of nitrogens with zero attached hydrogens (tertiary/aromatic N) is 5. The van der Waals surface area contributed by atoms with Crippen molar-refractivity contribution in [1.82, 2.24) is 25.0 Å². The van der Waals surface area contributed by atoms with Crippen molar-refractivity contribution in [3.05, 3.63) is 94.8 Å². The fourth-order valence-electron chi connectivity index (χ4n) is 5.68. The molecular weight excluding hydrogens is 804 g/mol. The number of carbonyl (C=O) groups is 2. The number of guanidine groups is 1. The zero-order valence-electron chi connectivity index (χ0n) is 30.9. The number of sulfone groups is 1. The molecule has 3 aromatic carbocycles. The van der Waals surface area contributed by atoms with Crippen LogP contribution in [0.25, 0.3) is 16.8 Å². The van der Waals surface area contributed by atoms with Crippen molar-refractivity contribution in [2.45, 2.75) is 69.1 Å². The predicted octanol–water partition coefficient (Wildman–Crippen LogP) is 7.82. The molecule has 12 nitrogen and oxygen atoms in total. The van der Waals surface area contributed by atoms with Crippen LogP contribution < -0.4 is 11.1 Å². The number of alkyl halides is 5. The number of ether oxygens (including phenoxy) is 1. The maximum absolute atomic E-state index is 15.8. The number of carbonyl (C=O) groups excluding carboxylic acids is 2. The number of rotatable bonds is 12. The van der Waals surface area contributed by atoms with Crippen molar-refractivity contribution in [1.29, 1.82) is 0 Å². The number of nitrogens with one attached hydrogen (secondary N) is 1. The summed E-state index contributed by atoms with van der Waals surface area (Å²) in [4.78, 5) is 36.2. The van der Waals surface area contributed by atoms with Gasteiger partial charge in [-0.05, 0) is 72.2 Å². The van der Waals surface area contributed by atoms with Crippen LogP contribution in [0.5, 0.6) is 0 Å². The lowest BCUT2D eigenvalue weighted by atomic mass is 9.92. The van der Waals surface area contributed by atoms with Gasteiger partial charge in [0.15, 0.2) is 21.6 Å². The zero-order chi connectivity index (χ0) is 42.1. The smallest absolute Gasteiger partial charge is 0.411 e. The minimum Gasteiger partial charge on any atom is -0.447 e. The summed E-state index contributed by atoms with van der Waals surface area (Å²) in [5.74, 6) is -3.15. The van der Waals surface area contributed by atoms with E-state index in [4.69, 9.17) is 22.1 Å². The Morgan fingerprint density at radius 2 is 1.74 bits per heavy atom. The van der Waals surface area contributed by atoms with Gasteiger partial charge in [0.25, 0.3) is 12.3 Å². The number of aliphatic imine (C=N–C) groups is 1. The molecule has 0 aliphatic heterocycles. The molecule has 57 heavy (non-hydrogen) atoms. The topological polar surface area (TPSA) is 162 Å². The standard InChI is InChI=1S/C37H38ClF6N7O5S/c1-35(2,3)15-16-46-33(45)50(32(52)23-7-11-25(27(39)17-23)21-5-9-24(10-6-21)57(4,54)55)29(19-56-34(53)49-36(13-14-36)37(42,43)44)22-8-12-26(38)28(18-22)51-31(30(40)41)47-20-48-51/h5-12,17-18,20,29-30H,13-16,19H2,1-4H3,(H2,45,46)(H,49,53)/t29-/m1/s1. The summed E-state index contributed by atoms with van der Waals surface area (Å²) in [5.41, 5.74) is 3.59. The minimum atomic E-state index is -4.78. The van der Waals surface area contributed by atoms with E-state index in [2.05, 4.69) is 15.1 Å². The first kappa shape index (κ1) is 43.0. The Hall–Kier alpha value is -5.17. The number of amides is 2. The summed E-state index contributed by atoms with van der Waals surface area (Å²) in [7, 11) is -3.54. The molecule has 0 radical (unpaired) electrons. The minimum absolute atomic E-state index is 0.00239. The van der Waals surface area contributed by atoms with Gasteiger partial charge in [-0.1, -0.05) is 56.6 Å². The summed E-state index contributed by atoms with van der Waals surface area (Å²) in [6, 6.07) is 11.1. The van der Waals surface area contributed by atoms with Crippen molar-refractivity contribution >= 4 is 39.4 Å². The predicted molar refractivity (Wildman–Crippen MR) is 198 cm³/mol. The van der Waals surface area contributed by atoms with E-state index in [0.29, 0.717) is 6.42 Å². The fraction of sp³-hybridized carbons (Fsp3) is 0.378. The van der Waals surface area contributed by atoms with Crippen LogP contribution >= 0.6 is 11.6 Å². The van der Waals surface area contributed by atoms with E-state index in [9.17, 15) is 40.0 Å². The van der Waals surface area contributed by atoms with Crippen LogP contribution in [0.4, 0.5) is 31.1 Å². The molecule has 20 heteroatoms. The molecule has 1 aliphatic carbocycles. The van der Waals surface area contributed by atoms with E-state index >= 15 is 4.39 Å². The summed E-state index contributed by atoms with van der Waals surface area (Å²) < 4.78 is 115. The summed E-state index contributed by atoms with van der Waals surface area (Å²) in [6.07, 6.45) is -7.79. The van der Waals surface area contributed by atoms with Crippen molar-refractivity contribution in [3.63, 3.8) is 0 Å². The number of hydrogen-bond acceptors (Lipinski definition) is 8. The molecule has 0 unspecified atom stereocenters. The lowest BCUT2D eigenvalue weighted by molar-refractivity contribution is -0.164. The molecule has 0 spiro atoms. The molecule has 1 aliphatic rings. The fourth-order valence-corrected chi connectivity index (χ4v) is 6.51. The number of benzene rings is 3. The Morgan fingerprint density at radius 3 is 2.30 bits per heavy atom. The summed E-state index contributed by atoms with van der Waals surface area (Å²) in [6.45, 7) is 4.98. The highest BCUT2D eigenvalue weighted by Crippen LogP contribution is 2.49. The van der Waals surface area contributed by atoms with Crippen LogP contribution in [0.2, 0.25) is 5.02 Å². The van der Waals surface area contributed by atoms with Crippen LogP contribution in [0.3, 0.4) is 0 Å². The van der Waals surface area contributed by atoms with Gasteiger partial charge in [-0.25, -0.2) is 36.0 Å². The molecule has 0 saturated heterocycles. The normalized spacial score (nSPS) is 15.0. The van der Waals surface area contributed by atoms with Gasteiger partial charge >= 0.3 is 12.3 Å². The quantitative estimate of drug-likeness (QED) is 0.0829. The molecule has 3 N–H and O–H groups in total. The molecule has 1 atom stereocenters. The molecule has 4 aromatic rings. The van der Waals surface area contributed by atoms with Gasteiger partial charge in [-0.15, -0.1) is 0 Å². The maximum Gasteiger partial charge on any atom is 0.411 e. The first-order chi connectivity index (χ1) is 26.5. The number of aromatic nitrogens is 3. The second-order valence-electron chi connectivity index (χ2n) is 14.6. The number of nitrogens with two attached hydrogens (primary N) is 1. The molecule has 1 fully saturated rings. The third-order valence-corrected chi connectivity index (χ3v) is 10.5. The Kier molecular flexibility index (Phi) is 12.3. The number of hydrogen-bond donors (Lipinski definition) is 2. The number of alkyl carbamates (subject to hydrolysis) is 1. The Bertz CT molecular complexity index is 2270. The van der Waals surface area contributed by atoms with Gasteiger partial charge in [0.2, 0.25) is 0 Å². The lowest BCUT2D eigenvalue weighted by Gasteiger charge is -2.32. The van der Waals surface area contributed by atoms with Gasteiger partial charge in [-0.2, -0.15) is 18.3 Å². The molecule has 1 aromatic heterocycles. The first-order valence-electron chi connectivity index (χ1n) is 17.2. The van der Waals surface area contributed by atoms with Gasteiger partial charge in [-0.3, -0.25) is 14.7 Å². The molecular formula is C37H38ClF6N7O5S. The van der Waals surface area contributed by atoms with E-state index in [0.717, 1.165) is 28.2 Å². The van der Waals surface area contributed by atoms with E-state index in [1.807, 2.05) is 26.1 Å². The Labute approximate surface area is 329 Å². The third-order valence-electron chi connectivity index (χ3n) is 9.08. The van der Waals surface area contributed by atoms with Gasteiger partial charge in [0, 0.05) is 23.9 Å². The van der Waals surface area contributed by atoms with Gasteiger partial charge < -0.3 is 15.8 Å². The zero-order valence-corrected chi connectivity index (χ0v) is 32.5. The second kappa shape index (κ2) is 16.4. The van der Waals surface area contributed by atoms with Crippen molar-refractivity contribution in [2.24, 2.45) is 16.1 Å². The highest BCUT2D eigenvalue weighted by Gasteiger charge is 2.64. The monoisotopic (exact) mass is 841 g/mol. The van der Waals surface area contributed by atoms with Crippen molar-refractivity contribution in [3.8, 4) is 16.8 Å². The number of halogens is 7. The lowest BCUT2D eigenvalue weighted by Crippen LogP contribution is -2.49. The summed E-state index contributed by atoms with van der Waals surface area (Å²) in [5, 5.41) is 5.57. The van der Waals surface area contributed by atoms with E-state index in [1.54, 1.807) is 0 Å². The van der Waals surface area contributed by atoms with Gasteiger partial charge in [0.05, 0.1) is 21.6 Å². The average molecular weight is 842 g/mol. The van der Waals surface area contributed by atoms with E-state index in [1.165, 1.54) is 54.6 Å². The van der Waals surface area contributed by atoms with E-state index < -0.39 is 70.2 Å². The highest BCUT2D eigenvalue weighted by atomic mass is 35.5. The largest absolute Gasteiger partial charge is 0.447 e. The molecule has 1 saturated carbocycles. The van der Waals surface area contributed by atoms with E-state index in [-0.39, 0.29) is 62.7 Å². The van der Waals surface area contributed by atoms with Crippen LogP contribution in [0.15, 0.2) is 76.9 Å². The maximum atomic E-state index is 15.8. The van der Waals surface area contributed by atoms with Gasteiger partial charge in [0.1, 0.15) is 24.3 Å². The van der Waals surface area contributed by atoms with Crippen molar-refractivity contribution < 1.29 is 49.1 Å². The van der Waals surface area contributed by atoms with Crippen LogP contribution in [0, 0.1) is 11.2 Å². The Balaban J connectivity index is 1.60. The molecule has 1 heterocycles. The van der Waals surface area contributed by atoms with Crippen molar-refractivity contribution in [2.75, 3.05) is 19.4 Å². The first-order valence-corrected chi connectivity index (χ1v) is 19.5. The molecule has 5 rings (SSSR count). The molecule has 306 valence electrons. The molecule has 2 amide bonds. The third kappa shape index (κ3) is 10.0. The summed E-state index contributed by atoms with van der Waals surface area (Å²) >= 11 is 6.41. The average Bonchev–Trinajstić information content (AvgIpc) is 3.74. The highest BCUT2D eigenvalue weighted by molar-refractivity contribution is 7.90. The molecule has 0 bridgehead atoms.